The molecule has 0 N–H and O–H groups in total. The van der Waals surface area contributed by atoms with Crippen LogP contribution in [0.1, 0.15) is 19.4 Å². The summed E-state index contributed by atoms with van der Waals surface area (Å²) in [6.45, 7) is 1.17. The van der Waals surface area contributed by atoms with Gasteiger partial charge in [0.1, 0.15) is 12.0 Å². The molecule has 0 saturated carbocycles. The molecule has 3 heteroatoms. The lowest BCUT2D eigenvalue weighted by molar-refractivity contribution is -0.108. The average Bonchev–Trinajstić information content (AvgIpc) is 2.28. The molecule has 0 aliphatic carbocycles. The highest BCUT2D eigenvalue weighted by Crippen LogP contribution is 2.12. The van der Waals surface area contributed by atoms with Crippen molar-refractivity contribution >= 4 is 6.29 Å². The van der Waals surface area contributed by atoms with Gasteiger partial charge in [-0.1, -0.05) is 19.6 Å². The van der Waals surface area contributed by atoms with Gasteiger partial charge in [0.05, 0.1) is 13.2 Å². The van der Waals surface area contributed by atoms with E-state index in [2.05, 4.69) is 0 Å². The molecule has 0 unspecified atom stereocenters. The molecule has 0 aliphatic rings. The van der Waals surface area contributed by atoms with Gasteiger partial charge < -0.3 is 14.3 Å². The SMILES string of the molecule is C.COCCc1ccc(OCCC=O)cc1. The van der Waals surface area contributed by atoms with Crippen LogP contribution >= 0.6 is 0 Å². The third kappa shape index (κ3) is 5.51. The zero-order valence-electron chi connectivity index (χ0n) is 8.94. The largest absolute Gasteiger partial charge is 0.493 e. The number of benzene rings is 1. The molecule has 0 bridgehead atoms. The number of aldehydes is 1. The van der Waals surface area contributed by atoms with Crippen molar-refractivity contribution in [2.45, 2.75) is 20.3 Å². The molecular weight excluding hydrogens is 204 g/mol. The first-order valence-corrected chi connectivity index (χ1v) is 5.01. The van der Waals surface area contributed by atoms with Gasteiger partial charge in [-0.2, -0.15) is 0 Å². The van der Waals surface area contributed by atoms with E-state index >= 15 is 0 Å². The summed E-state index contributed by atoms with van der Waals surface area (Å²) in [7, 11) is 1.69. The summed E-state index contributed by atoms with van der Waals surface area (Å²) in [6, 6.07) is 7.84. The van der Waals surface area contributed by atoms with Gasteiger partial charge in [0.25, 0.3) is 0 Å². The van der Waals surface area contributed by atoms with Crippen LogP contribution in [-0.2, 0) is 16.0 Å². The minimum atomic E-state index is 0. The summed E-state index contributed by atoms with van der Waals surface area (Å²) < 4.78 is 10.3. The Hall–Kier alpha value is -1.35. The molecule has 0 spiro atoms. The fourth-order valence-electron chi connectivity index (χ4n) is 1.20. The number of methoxy groups -OCH3 is 1. The van der Waals surface area contributed by atoms with E-state index in [0.29, 0.717) is 13.0 Å². The second-order valence-electron chi connectivity index (χ2n) is 3.19. The first-order valence-electron chi connectivity index (χ1n) is 5.01. The Kier molecular flexibility index (Phi) is 8.17. The van der Waals surface area contributed by atoms with Gasteiger partial charge in [-0.3, -0.25) is 0 Å². The molecule has 0 saturated heterocycles. The van der Waals surface area contributed by atoms with E-state index in [9.17, 15) is 4.79 Å². The molecule has 0 radical (unpaired) electrons. The lowest BCUT2D eigenvalue weighted by Crippen LogP contribution is -1.98. The molecule has 0 fully saturated rings. The number of hydrogen-bond acceptors (Lipinski definition) is 3. The third-order valence-electron chi connectivity index (χ3n) is 2.02. The van der Waals surface area contributed by atoms with Crippen molar-refractivity contribution in [3.8, 4) is 5.75 Å². The predicted octanol–water partition coefficient (Wildman–Crippen LogP) is 2.48. The van der Waals surface area contributed by atoms with Crippen molar-refractivity contribution in [2.75, 3.05) is 20.3 Å². The minimum Gasteiger partial charge on any atom is -0.493 e. The van der Waals surface area contributed by atoms with E-state index in [-0.39, 0.29) is 7.43 Å². The Labute approximate surface area is 97.4 Å². The van der Waals surface area contributed by atoms with E-state index in [1.165, 1.54) is 5.56 Å². The van der Waals surface area contributed by atoms with Crippen LogP contribution in [0.5, 0.6) is 5.75 Å². The Morgan fingerprint density at radius 1 is 1.19 bits per heavy atom. The molecule has 90 valence electrons. The van der Waals surface area contributed by atoms with Gasteiger partial charge in [0.15, 0.2) is 0 Å². The molecule has 0 aliphatic heterocycles. The fraction of sp³-hybridized carbons (Fsp3) is 0.462. The minimum absolute atomic E-state index is 0. The van der Waals surface area contributed by atoms with E-state index in [4.69, 9.17) is 9.47 Å². The molecule has 0 atom stereocenters. The quantitative estimate of drug-likeness (QED) is 0.527. The van der Waals surface area contributed by atoms with Crippen LogP contribution in [0.4, 0.5) is 0 Å². The maximum atomic E-state index is 10.1. The number of hydrogen-bond donors (Lipinski definition) is 0. The molecule has 0 amide bonds. The van der Waals surface area contributed by atoms with E-state index < -0.39 is 0 Å². The highest BCUT2D eigenvalue weighted by molar-refractivity contribution is 5.49. The van der Waals surface area contributed by atoms with Crippen LogP contribution in [0.15, 0.2) is 24.3 Å². The molecule has 16 heavy (non-hydrogen) atoms. The molecule has 0 heterocycles. The summed E-state index contributed by atoms with van der Waals surface area (Å²) in [6.07, 6.45) is 2.20. The molecule has 1 rings (SSSR count). The normalized spacial score (nSPS) is 9.31. The van der Waals surface area contributed by atoms with Gasteiger partial charge >= 0.3 is 0 Å². The second-order valence-corrected chi connectivity index (χ2v) is 3.19. The summed E-state index contributed by atoms with van der Waals surface area (Å²) >= 11 is 0. The van der Waals surface area contributed by atoms with Crippen molar-refractivity contribution < 1.29 is 14.3 Å². The standard InChI is InChI=1S/C12H16O3.CH4/c1-14-10-7-11-3-5-12(6-4-11)15-9-2-8-13;/h3-6,8H,2,7,9-10H2,1H3;1H4. The third-order valence-corrected chi connectivity index (χ3v) is 2.02. The predicted molar refractivity (Wildman–Crippen MR) is 64.9 cm³/mol. The summed E-state index contributed by atoms with van der Waals surface area (Å²) in [5.41, 5.74) is 1.22. The van der Waals surface area contributed by atoms with Gasteiger partial charge in [-0.15, -0.1) is 0 Å². The van der Waals surface area contributed by atoms with Crippen LogP contribution in [-0.4, -0.2) is 26.6 Å². The Bertz CT molecular complexity index is 280. The van der Waals surface area contributed by atoms with Gasteiger partial charge in [-0.25, -0.2) is 0 Å². The van der Waals surface area contributed by atoms with Crippen molar-refractivity contribution in [3.05, 3.63) is 29.8 Å². The van der Waals surface area contributed by atoms with Crippen molar-refractivity contribution in [3.63, 3.8) is 0 Å². The highest BCUT2D eigenvalue weighted by Gasteiger charge is 1.95. The average molecular weight is 224 g/mol. The molecule has 3 nitrogen and oxygen atoms in total. The van der Waals surface area contributed by atoms with Crippen LogP contribution in [0.2, 0.25) is 0 Å². The lowest BCUT2D eigenvalue weighted by Gasteiger charge is -2.05. The van der Waals surface area contributed by atoms with Crippen molar-refractivity contribution in [1.82, 2.24) is 0 Å². The van der Waals surface area contributed by atoms with Crippen molar-refractivity contribution in [1.29, 1.82) is 0 Å². The lowest BCUT2D eigenvalue weighted by atomic mass is 10.1. The molecule has 1 aromatic carbocycles. The van der Waals surface area contributed by atoms with Crippen molar-refractivity contribution in [2.24, 2.45) is 0 Å². The summed E-state index contributed by atoms with van der Waals surface area (Å²) in [5, 5.41) is 0. The number of ether oxygens (including phenoxy) is 2. The Balaban J connectivity index is 0.00000225. The molecule has 1 aromatic rings. The van der Waals surface area contributed by atoms with Crippen LogP contribution < -0.4 is 4.74 Å². The maximum absolute atomic E-state index is 10.1. The number of carbonyl (C=O) groups is 1. The Morgan fingerprint density at radius 2 is 1.88 bits per heavy atom. The first kappa shape index (κ1) is 14.6. The zero-order valence-corrected chi connectivity index (χ0v) is 8.94. The Morgan fingerprint density at radius 3 is 2.44 bits per heavy atom. The monoisotopic (exact) mass is 224 g/mol. The first-order chi connectivity index (χ1) is 7.36. The smallest absolute Gasteiger partial charge is 0.123 e. The summed E-state index contributed by atoms with van der Waals surface area (Å²) in [5.74, 6) is 0.804. The van der Waals surface area contributed by atoms with Gasteiger partial charge in [-0.05, 0) is 24.1 Å². The van der Waals surface area contributed by atoms with E-state index in [0.717, 1.165) is 25.1 Å². The zero-order chi connectivity index (χ0) is 10.9. The topological polar surface area (TPSA) is 35.5 Å². The highest BCUT2D eigenvalue weighted by atomic mass is 16.5. The van der Waals surface area contributed by atoms with Crippen LogP contribution in [0.3, 0.4) is 0 Å². The van der Waals surface area contributed by atoms with Crippen LogP contribution in [0, 0.1) is 0 Å². The van der Waals surface area contributed by atoms with Crippen LogP contribution in [0.25, 0.3) is 0 Å². The fourth-order valence-corrected chi connectivity index (χ4v) is 1.20. The number of carbonyl (C=O) groups excluding carboxylic acids is 1. The maximum Gasteiger partial charge on any atom is 0.123 e. The van der Waals surface area contributed by atoms with Gasteiger partial charge in [0.2, 0.25) is 0 Å². The van der Waals surface area contributed by atoms with E-state index in [1.807, 2.05) is 24.3 Å². The van der Waals surface area contributed by atoms with E-state index in [1.54, 1.807) is 7.11 Å². The molecular formula is C13H20O3. The van der Waals surface area contributed by atoms with Gasteiger partial charge in [0, 0.05) is 13.5 Å². The molecule has 0 aromatic heterocycles. The summed E-state index contributed by atoms with van der Waals surface area (Å²) in [4.78, 5) is 10.1. The second kappa shape index (κ2) is 8.92. The number of rotatable bonds is 7.